The lowest BCUT2D eigenvalue weighted by atomic mass is 9.99. The molecule has 2 heteroatoms. The second-order valence-corrected chi connectivity index (χ2v) is 5.66. The van der Waals surface area contributed by atoms with Crippen molar-refractivity contribution in [3.63, 3.8) is 0 Å². The van der Waals surface area contributed by atoms with Gasteiger partial charge in [0.25, 0.3) is 0 Å². The SMILES string of the molecule is Fc1cccc2c1NC(c1ccc(-c3ccccc3)cc1)C2. The van der Waals surface area contributed by atoms with Gasteiger partial charge in [-0.3, -0.25) is 0 Å². The topological polar surface area (TPSA) is 12.0 Å². The molecule has 0 saturated heterocycles. The fourth-order valence-corrected chi connectivity index (χ4v) is 3.09. The van der Waals surface area contributed by atoms with Crippen LogP contribution in [0, 0.1) is 5.82 Å². The smallest absolute Gasteiger partial charge is 0.146 e. The standard InChI is InChI=1S/C20H16FN/c21-18-8-4-7-17-13-19(22-20(17)18)16-11-9-15(10-12-16)14-5-2-1-3-6-14/h1-12,19,22H,13H2. The summed E-state index contributed by atoms with van der Waals surface area (Å²) < 4.78 is 13.8. The Hall–Kier alpha value is -2.61. The zero-order chi connectivity index (χ0) is 14.9. The summed E-state index contributed by atoms with van der Waals surface area (Å²) >= 11 is 0. The van der Waals surface area contributed by atoms with E-state index in [0.29, 0.717) is 5.69 Å². The quantitative estimate of drug-likeness (QED) is 0.683. The number of anilines is 1. The van der Waals surface area contributed by atoms with E-state index in [9.17, 15) is 4.39 Å². The van der Waals surface area contributed by atoms with E-state index in [0.717, 1.165) is 12.0 Å². The van der Waals surface area contributed by atoms with E-state index in [1.54, 1.807) is 6.07 Å². The molecule has 1 aliphatic heterocycles. The van der Waals surface area contributed by atoms with Crippen LogP contribution >= 0.6 is 0 Å². The van der Waals surface area contributed by atoms with E-state index >= 15 is 0 Å². The molecule has 0 radical (unpaired) electrons. The maximum absolute atomic E-state index is 13.8. The van der Waals surface area contributed by atoms with Crippen LogP contribution in [0.1, 0.15) is 17.2 Å². The minimum Gasteiger partial charge on any atom is -0.375 e. The zero-order valence-corrected chi connectivity index (χ0v) is 12.1. The Morgan fingerprint density at radius 2 is 1.50 bits per heavy atom. The highest BCUT2D eigenvalue weighted by Crippen LogP contribution is 2.36. The maximum atomic E-state index is 13.8. The van der Waals surface area contributed by atoms with Gasteiger partial charge in [0.1, 0.15) is 5.82 Å². The molecular weight excluding hydrogens is 273 g/mol. The van der Waals surface area contributed by atoms with Gasteiger partial charge in [0.05, 0.1) is 11.7 Å². The molecule has 1 heterocycles. The average Bonchev–Trinajstić information content (AvgIpc) is 3.02. The summed E-state index contributed by atoms with van der Waals surface area (Å²) in [4.78, 5) is 0. The van der Waals surface area contributed by atoms with Crippen molar-refractivity contribution in [1.82, 2.24) is 0 Å². The van der Waals surface area contributed by atoms with Crippen molar-refractivity contribution in [2.24, 2.45) is 0 Å². The number of nitrogens with one attached hydrogen (secondary N) is 1. The first-order valence-electron chi connectivity index (χ1n) is 7.50. The summed E-state index contributed by atoms with van der Waals surface area (Å²) in [5.74, 6) is -0.166. The highest BCUT2D eigenvalue weighted by atomic mass is 19.1. The molecule has 0 fully saturated rings. The molecule has 4 rings (SSSR count). The Kier molecular flexibility index (Phi) is 3.15. The van der Waals surface area contributed by atoms with Crippen LogP contribution in [-0.4, -0.2) is 0 Å². The molecule has 1 atom stereocenters. The molecular formula is C20H16FN. The van der Waals surface area contributed by atoms with Crippen LogP contribution in [-0.2, 0) is 6.42 Å². The van der Waals surface area contributed by atoms with Gasteiger partial charge in [-0.05, 0) is 34.7 Å². The van der Waals surface area contributed by atoms with Crippen LogP contribution < -0.4 is 5.32 Å². The maximum Gasteiger partial charge on any atom is 0.146 e. The van der Waals surface area contributed by atoms with Crippen LogP contribution in [0.4, 0.5) is 10.1 Å². The van der Waals surface area contributed by atoms with Gasteiger partial charge in [-0.2, -0.15) is 0 Å². The van der Waals surface area contributed by atoms with Gasteiger partial charge in [0.15, 0.2) is 0 Å². The van der Waals surface area contributed by atoms with Gasteiger partial charge in [-0.1, -0.05) is 66.7 Å². The summed E-state index contributed by atoms with van der Waals surface area (Å²) in [6.45, 7) is 0. The largest absolute Gasteiger partial charge is 0.375 e. The van der Waals surface area contributed by atoms with Crippen LogP contribution in [0.3, 0.4) is 0 Å². The normalized spacial score (nSPS) is 16.1. The number of hydrogen-bond donors (Lipinski definition) is 1. The lowest BCUT2D eigenvalue weighted by molar-refractivity contribution is 0.630. The Morgan fingerprint density at radius 3 is 2.23 bits per heavy atom. The van der Waals surface area contributed by atoms with Crippen molar-refractivity contribution in [2.45, 2.75) is 12.5 Å². The molecule has 1 aliphatic rings. The predicted molar refractivity (Wildman–Crippen MR) is 88.3 cm³/mol. The third kappa shape index (κ3) is 2.27. The van der Waals surface area contributed by atoms with Crippen LogP contribution in [0.15, 0.2) is 72.8 Å². The molecule has 3 aromatic carbocycles. The van der Waals surface area contributed by atoms with E-state index in [2.05, 4.69) is 41.7 Å². The fraction of sp³-hybridized carbons (Fsp3) is 0.100. The number of para-hydroxylation sites is 1. The van der Waals surface area contributed by atoms with Crippen molar-refractivity contribution in [3.8, 4) is 11.1 Å². The molecule has 0 amide bonds. The molecule has 0 aliphatic carbocycles. The van der Waals surface area contributed by atoms with E-state index in [1.807, 2.05) is 24.3 Å². The molecule has 108 valence electrons. The minimum absolute atomic E-state index is 0.150. The van der Waals surface area contributed by atoms with Crippen molar-refractivity contribution >= 4 is 5.69 Å². The highest BCUT2D eigenvalue weighted by Gasteiger charge is 2.24. The Morgan fingerprint density at radius 1 is 0.773 bits per heavy atom. The molecule has 1 nitrogen and oxygen atoms in total. The van der Waals surface area contributed by atoms with Crippen molar-refractivity contribution in [2.75, 3.05) is 5.32 Å². The molecule has 0 aromatic heterocycles. The average molecular weight is 289 g/mol. The summed E-state index contributed by atoms with van der Waals surface area (Å²) in [6, 6.07) is 24.3. The third-order valence-electron chi connectivity index (χ3n) is 4.26. The lowest BCUT2D eigenvalue weighted by Crippen LogP contribution is -2.05. The van der Waals surface area contributed by atoms with E-state index < -0.39 is 0 Å². The van der Waals surface area contributed by atoms with Crippen molar-refractivity contribution in [1.29, 1.82) is 0 Å². The molecule has 0 bridgehead atoms. The van der Waals surface area contributed by atoms with E-state index in [-0.39, 0.29) is 11.9 Å². The van der Waals surface area contributed by atoms with Crippen molar-refractivity contribution in [3.05, 3.63) is 89.7 Å². The first kappa shape index (κ1) is 13.1. The first-order valence-corrected chi connectivity index (χ1v) is 7.50. The molecule has 0 spiro atoms. The minimum atomic E-state index is -0.166. The first-order chi connectivity index (χ1) is 10.8. The second kappa shape index (κ2) is 5.30. The summed E-state index contributed by atoms with van der Waals surface area (Å²) in [7, 11) is 0. The number of rotatable bonds is 2. The van der Waals surface area contributed by atoms with Gasteiger partial charge < -0.3 is 5.32 Å². The van der Waals surface area contributed by atoms with Crippen LogP contribution in [0.25, 0.3) is 11.1 Å². The highest BCUT2D eigenvalue weighted by molar-refractivity contribution is 5.64. The number of fused-ring (bicyclic) bond motifs is 1. The van der Waals surface area contributed by atoms with Gasteiger partial charge in [-0.25, -0.2) is 4.39 Å². The van der Waals surface area contributed by atoms with Crippen LogP contribution in [0.5, 0.6) is 0 Å². The molecule has 1 unspecified atom stereocenters. The Balaban J connectivity index is 1.59. The monoisotopic (exact) mass is 289 g/mol. The fourth-order valence-electron chi connectivity index (χ4n) is 3.09. The third-order valence-corrected chi connectivity index (χ3v) is 4.26. The molecule has 22 heavy (non-hydrogen) atoms. The Labute approximate surface area is 129 Å². The van der Waals surface area contributed by atoms with Crippen molar-refractivity contribution < 1.29 is 4.39 Å². The number of benzene rings is 3. The van der Waals surface area contributed by atoms with Crippen LogP contribution in [0.2, 0.25) is 0 Å². The summed E-state index contributed by atoms with van der Waals surface area (Å²) in [6.07, 6.45) is 0.831. The van der Waals surface area contributed by atoms with Gasteiger partial charge in [0.2, 0.25) is 0 Å². The molecule has 1 N–H and O–H groups in total. The van der Waals surface area contributed by atoms with Gasteiger partial charge >= 0.3 is 0 Å². The van der Waals surface area contributed by atoms with Gasteiger partial charge in [0, 0.05) is 0 Å². The summed E-state index contributed by atoms with van der Waals surface area (Å²) in [5, 5.41) is 3.30. The number of hydrogen-bond acceptors (Lipinski definition) is 1. The lowest BCUT2D eigenvalue weighted by Gasteiger charge is -2.12. The second-order valence-electron chi connectivity index (χ2n) is 5.66. The summed E-state index contributed by atoms with van der Waals surface area (Å²) in [5.41, 5.74) is 5.31. The molecule has 3 aromatic rings. The zero-order valence-electron chi connectivity index (χ0n) is 12.1. The van der Waals surface area contributed by atoms with Gasteiger partial charge in [-0.15, -0.1) is 0 Å². The molecule has 0 saturated carbocycles. The van der Waals surface area contributed by atoms with E-state index in [4.69, 9.17) is 0 Å². The van der Waals surface area contributed by atoms with E-state index in [1.165, 1.54) is 22.8 Å². The predicted octanol–water partition coefficient (Wildman–Crippen LogP) is 5.20. The Bertz CT molecular complexity index is 794. The number of halogens is 1.